The minimum Gasteiger partial charge on any atom is -0.396 e. The van der Waals surface area contributed by atoms with Crippen LogP contribution in [-0.2, 0) is 0 Å². The third kappa shape index (κ3) is 6.28. The Morgan fingerprint density at radius 2 is 2.21 bits per heavy atom. The molecule has 112 valence electrons. The molecule has 0 bridgehead atoms. The first-order chi connectivity index (χ1) is 9.17. The molecule has 0 heterocycles. The minimum atomic E-state index is -0.0433. The second-order valence-electron chi connectivity index (χ2n) is 5.91. The molecule has 0 aromatic carbocycles. The first-order valence-corrected chi connectivity index (χ1v) is 7.82. The monoisotopic (exact) mass is 270 g/mol. The van der Waals surface area contributed by atoms with Crippen molar-refractivity contribution in [3.63, 3.8) is 0 Å². The highest BCUT2D eigenvalue weighted by atomic mass is 16.3. The molecule has 0 radical (unpaired) electrons. The number of urea groups is 1. The Morgan fingerprint density at radius 3 is 2.89 bits per heavy atom. The summed E-state index contributed by atoms with van der Waals surface area (Å²) in [5, 5.41) is 14.9. The highest BCUT2D eigenvalue weighted by Crippen LogP contribution is 2.29. The first-order valence-electron chi connectivity index (χ1n) is 7.82. The maximum atomic E-state index is 11.8. The fourth-order valence-electron chi connectivity index (χ4n) is 2.85. The van der Waals surface area contributed by atoms with E-state index < -0.39 is 0 Å². The molecular formula is C15H30N2O2. The lowest BCUT2D eigenvalue weighted by atomic mass is 9.97. The van der Waals surface area contributed by atoms with E-state index >= 15 is 0 Å². The van der Waals surface area contributed by atoms with E-state index in [0.717, 1.165) is 12.8 Å². The van der Waals surface area contributed by atoms with Gasteiger partial charge in [0.25, 0.3) is 0 Å². The van der Waals surface area contributed by atoms with Gasteiger partial charge in [-0.15, -0.1) is 0 Å². The molecule has 3 N–H and O–H groups in total. The molecule has 1 aliphatic carbocycles. The molecule has 19 heavy (non-hydrogen) atoms. The van der Waals surface area contributed by atoms with Crippen LogP contribution in [0, 0.1) is 11.8 Å². The van der Waals surface area contributed by atoms with E-state index in [2.05, 4.69) is 17.6 Å². The van der Waals surface area contributed by atoms with Crippen LogP contribution in [0.3, 0.4) is 0 Å². The molecule has 1 aliphatic rings. The van der Waals surface area contributed by atoms with Gasteiger partial charge in [-0.3, -0.25) is 0 Å². The van der Waals surface area contributed by atoms with Gasteiger partial charge in [0.1, 0.15) is 0 Å². The molecule has 1 rings (SSSR count). The summed E-state index contributed by atoms with van der Waals surface area (Å²) >= 11 is 0. The highest BCUT2D eigenvalue weighted by Gasteiger charge is 2.27. The second kappa shape index (κ2) is 9.18. The van der Waals surface area contributed by atoms with Crippen LogP contribution < -0.4 is 10.6 Å². The zero-order valence-electron chi connectivity index (χ0n) is 12.5. The van der Waals surface area contributed by atoms with Crippen molar-refractivity contribution in [1.29, 1.82) is 0 Å². The van der Waals surface area contributed by atoms with E-state index in [1.54, 1.807) is 0 Å². The molecule has 0 spiro atoms. The highest BCUT2D eigenvalue weighted by molar-refractivity contribution is 5.74. The summed E-state index contributed by atoms with van der Waals surface area (Å²) < 4.78 is 0. The summed E-state index contributed by atoms with van der Waals surface area (Å²) in [4.78, 5) is 11.8. The zero-order valence-corrected chi connectivity index (χ0v) is 12.5. The van der Waals surface area contributed by atoms with E-state index in [4.69, 9.17) is 5.11 Å². The maximum absolute atomic E-state index is 11.8. The Balaban J connectivity index is 2.23. The van der Waals surface area contributed by atoms with Crippen molar-refractivity contribution >= 4 is 6.03 Å². The Morgan fingerprint density at radius 1 is 1.42 bits per heavy atom. The molecule has 3 unspecified atom stereocenters. The summed E-state index contributed by atoms with van der Waals surface area (Å²) in [6.45, 7) is 5.08. The number of unbranched alkanes of at least 4 members (excludes halogenated alkanes) is 1. The van der Waals surface area contributed by atoms with Gasteiger partial charge in [-0.1, -0.05) is 33.1 Å². The standard InChI is InChI=1S/C15H30N2O2/c1-3-4-6-13-7-5-8-14(13)17-15(19)16-11-12(2)9-10-18/h12-14,18H,3-11H2,1-2H3,(H2,16,17,19). The Hall–Kier alpha value is -0.770. The molecule has 0 saturated heterocycles. The van der Waals surface area contributed by atoms with E-state index in [0.29, 0.717) is 24.4 Å². The third-order valence-corrected chi connectivity index (χ3v) is 4.14. The van der Waals surface area contributed by atoms with Gasteiger partial charge in [-0.25, -0.2) is 4.79 Å². The van der Waals surface area contributed by atoms with Crippen LogP contribution in [0.4, 0.5) is 4.79 Å². The van der Waals surface area contributed by atoms with Gasteiger partial charge in [-0.2, -0.15) is 0 Å². The predicted octanol–water partition coefficient (Wildman–Crippen LogP) is 2.66. The van der Waals surface area contributed by atoms with Crippen LogP contribution in [0.2, 0.25) is 0 Å². The molecule has 0 aliphatic heterocycles. The molecule has 0 aromatic rings. The van der Waals surface area contributed by atoms with Gasteiger partial charge in [0.15, 0.2) is 0 Å². The maximum Gasteiger partial charge on any atom is 0.315 e. The average Bonchev–Trinajstić information content (AvgIpc) is 2.81. The van der Waals surface area contributed by atoms with Crippen molar-refractivity contribution in [2.75, 3.05) is 13.2 Å². The lowest BCUT2D eigenvalue weighted by Crippen LogP contribution is -2.44. The number of hydrogen-bond donors (Lipinski definition) is 3. The fraction of sp³-hybridized carbons (Fsp3) is 0.933. The summed E-state index contributed by atoms with van der Waals surface area (Å²) in [5.41, 5.74) is 0. The largest absolute Gasteiger partial charge is 0.396 e. The molecule has 3 atom stereocenters. The van der Waals surface area contributed by atoms with E-state index in [9.17, 15) is 4.79 Å². The van der Waals surface area contributed by atoms with Crippen molar-refractivity contribution in [3.05, 3.63) is 0 Å². The van der Waals surface area contributed by atoms with E-state index in [-0.39, 0.29) is 12.6 Å². The molecule has 1 fully saturated rings. The average molecular weight is 270 g/mol. The van der Waals surface area contributed by atoms with Crippen LogP contribution in [0.5, 0.6) is 0 Å². The molecule has 2 amide bonds. The van der Waals surface area contributed by atoms with E-state index in [1.165, 1.54) is 32.1 Å². The van der Waals surface area contributed by atoms with Crippen molar-refractivity contribution in [3.8, 4) is 0 Å². The fourth-order valence-corrected chi connectivity index (χ4v) is 2.85. The summed E-state index contributed by atoms with van der Waals surface area (Å²) in [7, 11) is 0. The van der Waals surface area contributed by atoms with Crippen LogP contribution in [0.15, 0.2) is 0 Å². The number of carbonyl (C=O) groups is 1. The smallest absolute Gasteiger partial charge is 0.315 e. The number of aliphatic hydroxyl groups excluding tert-OH is 1. The Labute approximate surface area is 117 Å². The summed E-state index contributed by atoms with van der Waals surface area (Å²) in [6.07, 6.45) is 8.08. The molecule has 4 heteroatoms. The van der Waals surface area contributed by atoms with Gasteiger partial charge >= 0.3 is 6.03 Å². The summed E-state index contributed by atoms with van der Waals surface area (Å²) in [5.74, 6) is 0.996. The number of rotatable bonds is 8. The van der Waals surface area contributed by atoms with Gasteiger partial charge in [0.05, 0.1) is 0 Å². The Bertz CT molecular complexity index is 259. The van der Waals surface area contributed by atoms with E-state index in [1.807, 2.05) is 6.92 Å². The molecule has 0 aromatic heterocycles. The van der Waals surface area contributed by atoms with Crippen molar-refractivity contribution in [1.82, 2.24) is 10.6 Å². The number of carbonyl (C=O) groups excluding carboxylic acids is 1. The number of hydrogen-bond acceptors (Lipinski definition) is 2. The van der Waals surface area contributed by atoms with Gasteiger partial charge in [0, 0.05) is 19.2 Å². The number of amides is 2. The molecule has 1 saturated carbocycles. The normalized spacial score (nSPS) is 24.2. The van der Waals surface area contributed by atoms with Crippen LogP contribution in [-0.4, -0.2) is 30.3 Å². The van der Waals surface area contributed by atoms with Crippen LogP contribution >= 0.6 is 0 Å². The topological polar surface area (TPSA) is 61.4 Å². The van der Waals surface area contributed by atoms with Gasteiger partial charge < -0.3 is 15.7 Å². The van der Waals surface area contributed by atoms with Gasteiger partial charge in [0.2, 0.25) is 0 Å². The SMILES string of the molecule is CCCCC1CCCC1NC(=O)NCC(C)CCO. The van der Waals surface area contributed by atoms with Crippen molar-refractivity contribution < 1.29 is 9.90 Å². The first kappa shape index (κ1) is 16.3. The summed E-state index contributed by atoms with van der Waals surface area (Å²) in [6, 6.07) is 0.317. The van der Waals surface area contributed by atoms with Gasteiger partial charge in [-0.05, 0) is 37.5 Å². The zero-order chi connectivity index (χ0) is 14.1. The van der Waals surface area contributed by atoms with Crippen LogP contribution in [0.1, 0.15) is 58.8 Å². The molecule has 4 nitrogen and oxygen atoms in total. The van der Waals surface area contributed by atoms with Crippen LogP contribution in [0.25, 0.3) is 0 Å². The second-order valence-corrected chi connectivity index (χ2v) is 5.91. The number of aliphatic hydroxyl groups is 1. The number of nitrogens with one attached hydrogen (secondary N) is 2. The Kier molecular flexibility index (Phi) is 7.87. The third-order valence-electron chi connectivity index (χ3n) is 4.14. The van der Waals surface area contributed by atoms with Crippen molar-refractivity contribution in [2.24, 2.45) is 11.8 Å². The quantitative estimate of drug-likeness (QED) is 0.635. The molecular weight excluding hydrogens is 240 g/mol. The lowest BCUT2D eigenvalue weighted by molar-refractivity contribution is 0.226. The lowest BCUT2D eigenvalue weighted by Gasteiger charge is -2.21. The van der Waals surface area contributed by atoms with Crippen molar-refractivity contribution in [2.45, 2.75) is 64.8 Å². The minimum absolute atomic E-state index is 0.0433. The predicted molar refractivity (Wildman–Crippen MR) is 78.1 cm³/mol.